The van der Waals surface area contributed by atoms with Gasteiger partial charge in [-0.1, -0.05) is 11.6 Å². The van der Waals surface area contributed by atoms with Crippen LogP contribution in [0.1, 0.15) is 23.2 Å². The number of nitrogens with zero attached hydrogens (tertiary/aromatic N) is 2. The minimum atomic E-state index is 0.676. The first-order chi connectivity index (χ1) is 11.5. The zero-order valence-corrected chi connectivity index (χ0v) is 15.6. The fourth-order valence-corrected chi connectivity index (χ4v) is 2.75. The Kier molecular flexibility index (Phi) is 6.88. The smallest absolute Gasteiger partial charge is 0.128 e. The summed E-state index contributed by atoms with van der Waals surface area (Å²) in [5, 5.41) is 0.721. The molecule has 0 saturated heterocycles. The fourth-order valence-electron chi connectivity index (χ4n) is 2.62. The standard InChI is InChI=1S/C19H25ClN2O2/c1-14-12-21-18(15(2)19(14)23-4)13-22(3)10-5-11-24-17-8-6-16(20)7-9-17/h6-9,12H,5,10-11,13H2,1-4H3. The third-order valence-corrected chi connectivity index (χ3v) is 4.19. The highest BCUT2D eigenvalue weighted by Crippen LogP contribution is 2.24. The summed E-state index contributed by atoms with van der Waals surface area (Å²) in [5.74, 6) is 1.78. The van der Waals surface area contributed by atoms with E-state index in [9.17, 15) is 0 Å². The number of halogens is 1. The fraction of sp³-hybridized carbons (Fsp3) is 0.421. The zero-order valence-electron chi connectivity index (χ0n) is 14.8. The van der Waals surface area contributed by atoms with Crippen molar-refractivity contribution < 1.29 is 9.47 Å². The van der Waals surface area contributed by atoms with E-state index in [-0.39, 0.29) is 0 Å². The first-order valence-electron chi connectivity index (χ1n) is 8.07. The van der Waals surface area contributed by atoms with Gasteiger partial charge in [0, 0.05) is 35.4 Å². The van der Waals surface area contributed by atoms with Crippen LogP contribution < -0.4 is 9.47 Å². The van der Waals surface area contributed by atoms with Crippen molar-refractivity contribution in [2.24, 2.45) is 0 Å². The first kappa shape index (κ1) is 18.6. The summed E-state index contributed by atoms with van der Waals surface area (Å²) in [6, 6.07) is 7.44. The Morgan fingerprint density at radius 2 is 1.88 bits per heavy atom. The minimum absolute atomic E-state index is 0.676. The predicted molar refractivity (Wildman–Crippen MR) is 98.2 cm³/mol. The number of ether oxygens (including phenoxy) is 2. The van der Waals surface area contributed by atoms with Crippen molar-refractivity contribution in [1.82, 2.24) is 9.88 Å². The van der Waals surface area contributed by atoms with Crippen LogP contribution >= 0.6 is 11.6 Å². The molecule has 24 heavy (non-hydrogen) atoms. The second kappa shape index (κ2) is 8.90. The lowest BCUT2D eigenvalue weighted by Crippen LogP contribution is -2.22. The lowest BCUT2D eigenvalue weighted by atomic mass is 10.1. The van der Waals surface area contributed by atoms with Crippen molar-refractivity contribution in [3.63, 3.8) is 0 Å². The second-order valence-corrected chi connectivity index (χ2v) is 6.38. The molecule has 2 rings (SSSR count). The number of rotatable bonds is 8. The lowest BCUT2D eigenvalue weighted by molar-refractivity contribution is 0.257. The maximum absolute atomic E-state index is 5.86. The van der Waals surface area contributed by atoms with Crippen LogP contribution in [0.4, 0.5) is 0 Å². The molecule has 4 nitrogen and oxygen atoms in total. The van der Waals surface area contributed by atoms with Gasteiger partial charge in [0.25, 0.3) is 0 Å². The minimum Gasteiger partial charge on any atom is -0.496 e. The van der Waals surface area contributed by atoms with Crippen LogP contribution in [0.2, 0.25) is 5.02 Å². The first-order valence-corrected chi connectivity index (χ1v) is 8.45. The molecule has 0 atom stereocenters. The summed E-state index contributed by atoms with van der Waals surface area (Å²) in [4.78, 5) is 6.79. The van der Waals surface area contributed by atoms with Crippen molar-refractivity contribution in [3.05, 3.63) is 52.3 Å². The highest BCUT2D eigenvalue weighted by Gasteiger charge is 2.11. The van der Waals surface area contributed by atoms with E-state index in [0.29, 0.717) is 6.61 Å². The largest absolute Gasteiger partial charge is 0.496 e. The molecule has 0 saturated carbocycles. The molecule has 0 amide bonds. The van der Waals surface area contributed by atoms with Gasteiger partial charge in [-0.3, -0.25) is 4.98 Å². The van der Waals surface area contributed by atoms with Gasteiger partial charge in [0.05, 0.1) is 19.4 Å². The quantitative estimate of drug-likeness (QED) is 0.667. The van der Waals surface area contributed by atoms with E-state index in [1.165, 1.54) is 0 Å². The summed E-state index contributed by atoms with van der Waals surface area (Å²) < 4.78 is 11.2. The maximum atomic E-state index is 5.86. The predicted octanol–water partition coefficient (Wildman–Crippen LogP) is 4.26. The van der Waals surface area contributed by atoms with Crippen LogP contribution in [-0.4, -0.2) is 37.2 Å². The topological polar surface area (TPSA) is 34.6 Å². The number of pyridine rings is 1. The molecule has 0 fully saturated rings. The van der Waals surface area contributed by atoms with Crippen molar-refractivity contribution in [3.8, 4) is 11.5 Å². The van der Waals surface area contributed by atoms with Crippen LogP contribution in [0, 0.1) is 13.8 Å². The van der Waals surface area contributed by atoms with Crippen LogP contribution in [0.25, 0.3) is 0 Å². The molecule has 0 bridgehead atoms. The molecule has 0 aliphatic carbocycles. The molecule has 0 N–H and O–H groups in total. The van der Waals surface area contributed by atoms with Crippen molar-refractivity contribution >= 4 is 11.6 Å². The average molecular weight is 349 g/mol. The SMILES string of the molecule is COc1c(C)cnc(CN(C)CCCOc2ccc(Cl)cc2)c1C. The Balaban J connectivity index is 1.79. The number of benzene rings is 1. The van der Waals surface area contributed by atoms with Gasteiger partial charge >= 0.3 is 0 Å². The molecule has 1 aromatic carbocycles. The van der Waals surface area contributed by atoms with Gasteiger partial charge in [-0.05, 0) is 51.6 Å². The van der Waals surface area contributed by atoms with Gasteiger partial charge < -0.3 is 14.4 Å². The van der Waals surface area contributed by atoms with E-state index in [2.05, 4.69) is 23.9 Å². The Morgan fingerprint density at radius 3 is 2.54 bits per heavy atom. The number of methoxy groups -OCH3 is 1. The molecular formula is C19H25ClN2O2. The van der Waals surface area contributed by atoms with E-state index >= 15 is 0 Å². The molecule has 1 aromatic heterocycles. The Morgan fingerprint density at radius 1 is 1.17 bits per heavy atom. The van der Waals surface area contributed by atoms with Crippen LogP contribution in [0.5, 0.6) is 11.5 Å². The summed E-state index contributed by atoms with van der Waals surface area (Å²) in [6.07, 6.45) is 2.82. The molecule has 1 heterocycles. The highest BCUT2D eigenvalue weighted by atomic mass is 35.5. The number of aryl methyl sites for hydroxylation is 1. The summed E-state index contributed by atoms with van der Waals surface area (Å²) in [6.45, 7) is 6.48. The van der Waals surface area contributed by atoms with Crippen molar-refractivity contribution in [1.29, 1.82) is 0 Å². The molecule has 130 valence electrons. The maximum Gasteiger partial charge on any atom is 0.128 e. The van der Waals surface area contributed by atoms with Crippen molar-refractivity contribution in [2.75, 3.05) is 27.3 Å². The molecule has 0 aliphatic rings. The van der Waals surface area contributed by atoms with Gasteiger partial charge in [0.15, 0.2) is 0 Å². The van der Waals surface area contributed by atoms with E-state index in [1.54, 1.807) is 7.11 Å². The van der Waals surface area contributed by atoms with Crippen LogP contribution in [0.15, 0.2) is 30.5 Å². The number of hydrogen-bond acceptors (Lipinski definition) is 4. The van der Waals surface area contributed by atoms with E-state index in [0.717, 1.165) is 52.9 Å². The molecule has 0 spiro atoms. The van der Waals surface area contributed by atoms with Gasteiger partial charge in [-0.15, -0.1) is 0 Å². The number of aromatic nitrogens is 1. The lowest BCUT2D eigenvalue weighted by Gasteiger charge is -2.19. The van der Waals surface area contributed by atoms with Gasteiger partial charge in [0.2, 0.25) is 0 Å². The Labute approximate surface area is 149 Å². The molecular weight excluding hydrogens is 324 g/mol. The summed E-state index contributed by atoms with van der Waals surface area (Å²) in [5.41, 5.74) is 3.23. The number of hydrogen-bond donors (Lipinski definition) is 0. The third kappa shape index (κ3) is 5.11. The Hall–Kier alpha value is -1.78. The average Bonchev–Trinajstić information content (AvgIpc) is 2.56. The summed E-state index contributed by atoms with van der Waals surface area (Å²) >= 11 is 5.86. The second-order valence-electron chi connectivity index (χ2n) is 5.94. The van der Waals surface area contributed by atoms with Gasteiger partial charge in [0.1, 0.15) is 11.5 Å². The van der Waals surface area contributed by atoms with Gasteiger partial charge in [-0.25, -0.2) is 0 Å². The van der Waals surface area contributed by atoms with E-state index in [4.69, 9.17) is 21.1 Å². The molecule has 0 radical (unpaired) electrons. The highest BCUT2D eigenvalue weighted by molar-refractivity contribution is 6.30. The normalized spacial score (nSPS) is 10.9. The van der Waals surface area contributed by atoms with Gasteiger partial charge in [-0.2, -0.15) is 0 Å². The molecule has 0 aliphatic heterocycles. The molecule has 2 aromatic rings. The van der Waals surface area contributed by atoms with Crippen LogP contribution in [0.3, 0.4) is 0 Å². The summed E-state index contributed by atoms with van der Waals surface area (Å²) in [7, 11) is 3.80. The van der Waals surface area contributed by atoms with Crippen LogP contribution in [-0.2, 0) is 6.54 Å². The van der Waals surface area contributed by atoms with E-state index < -0.39 is 0 Å². The zero-order chi connectivity index (χ0) is 17.5. The Bertz CT molecular complexity index is 659. The monoisotopic (exact) mass is 348 g/mol. The molecule has 0 unspecified atom stereocenters. The van der Waals surface area contributed by atoms with Crippen molar-refractivity contribution in [2.45, 2.75) is 26.8 Å². The van der Waals surface area contributed by atoms with E-state index in [1.807, 2.05) is 37.4 Å². The third-order valence-electron chi connectivity index (χ3n) is 3.94. The molecule has 5 heteroatoms.